The number of aryl methyl sites for hydroxylation is 1. The number of nitrogens with zero attached hydrogens (tertiary/aromatic N) is 6. The molecule has 1 aliphatic heterocycles. The highest BCUT2D eigenvalue weighted by Crippen LogP contribution is 2.37. The molecule has 0 atom stereocenters. The van der Waals surface area contributed by atoms with E-state index in [1.54, 1.807) is 6.92 Å². The molecule has 168 valence electrons. The molecule has 0 amide bonds. The lowest BCUT2D eigenvalue weighted by molar-refractivity contribution is -0.137. The van der Waals surface area contributed by atoms with E-state index in [0.717, 1.165) is 34.5 Å². The highest BCUT2D eigenvalue weighted by atomic mass is 19.4. The maximum atomic E-state index is 13.4. The van der Waals surface area contributed by atoms with Crippen molar-refractivity contribution < 1.29 is 13.2 Å². The normalized spacial score (nSPS) is 16.3. The zero-order valence-electron chi connectivity index (χ0n) is 18.0. The van der Waals surface area contributed by atoms with Gasteiger partial charge < -0.3 is 4.90 Å². The predicted octanol–water partition coefficient (Wildman–Crippen LogP) is 5.11. The van der Waals surface area contributed by atoms with Crippen molar-refractivity contribution in [3.8, 4) is 11.1 Å². The van der Waals surface area contributed by atoms with Gasteiger partial charge in [0.05, 0.1) is 23.3 Å². The van der Waals surface area contributed by atoms with Gasteiger partial charge in [-0.05, 0) is 49.6 Å². The van der Waals surface area contributed by atoms with Crippen LogP contribution in [0.3, 0.4) is 0 Å². The first-order valence-electron chi connectivity index (χ1n) is 11.0. The summed E-state index contributed by atoms with van der Waals surface area (Å²) in [6.07, 6.45) is 4.41. The van der Waals surface area contributed by atoms with Gasteiger partial charge in [-0.1, -0.05) is 0 Å². The van der Waals surface area contributed by atoms with Gasteiger partial charge in [0.25, 0.3) is 0 Å². The van der Waals surface area contributed by atoms with Crippen molar-refractivity contribution in [2.24, 2.45) is 0 Å². The van der Waals surface area contributed by atoms with E-state index >= 15 is 0 Å². The van der Waals surface area contributed by atoms with Crippen molar-refractivity contribution in [1.82, 2.24) is 24.7 Å². The Bertz CT molecular complexity index is 1370. The summed E-state index contributed by atoms with van der Waals surface area (Å²) in [6, 6.07) is 6.27. The predicted molar refractivity (Wildman–Crippen MR) is 118 cm³/mol. The number of pyridine rings is 1. The van der Waals surface area contributed by atoms with Crippen LogP contribution in [0.25, 0.3) is 22.0 Å². The van der Waals surface area contributed by atoms with Crippen molar-refractivity contribution >= 4 is 16.7 Å². The molecule has 0 bridgehead atoms. The Morgan fingerprint density at radius 2 is 1.88 bits per heavy atom. The van der Waals surface area contributed by atoms with E-state index in [1.807, 2.05) is 22.0 Å². The Labute approximate surface area is 188 Å². The molecular formula is C24H21F3N6. The standard InChI is InChI=1S/C24H21F3N6/c1-14-30-22-5-2-18(24(25,26)27)9-20(22)23(31-14)32-7-6-21-16(12-32)8-15(10-28-21)17-11-29-33(13-17)19-3-4-19/h2,5,8-11,13,19H,3-4,6-7,12H2,1H3. The Hall–Kier alpha value is -3.49. The summed E-state index contributed by atoms with van der Waals surface area (Å²) < 4.78 is 42.1. The monoisotopic (exact) mass is 450 g/mol. The first-order valence-corrected chi connectivity index (χ1v) is 11.0. The van der Waals surface area contributed by atoms with E-state index in [4.69, 9.17) is 0 Å². The van der Waals surface area contributed by atoms with Crippen LogP contribution in [0.2, 0.25) is 0 Å². The maximum absolute atomic E-state index is 13.4. The summed E-state index contributed by atoms with van der Waals surface area (Å²) in [5.41, 5.74) is 3.89. The molecule has 0 radical (unpaired) electrons. The van der Waals surface area contributed by atoms with E-state index in [9.17, 15) is 13.2 Å². The molecule has 6 nitrogen and oxygen atoms in total. The molecule has 3 aromatic heterocycles. The SMILES string of the molecule is Cc1nc(N2CCc3ncc(-c4cnn(C5CC5)c4)cc3C2)c2cc(C(F)(F)F)ccc2n1. The number of hydrogen-bond acceptors (Lipinski definition) is 5. The molecule has 0 unspecified atom stereocenters. The lowest BCUT2D eigenvalue weighted by atomic mass is 10.0. The van der Waals surface area contributed by atoms with Gasteiger partial charge in [0, 0.05) is 54.1 Å². The molecule has 0 N–H and O–H groups in total. The zero-order valence-corrected chi connectivity index (χ0v) is 18.0. The van der Waals surface area contributed by atoms with Crippen LogP contribution < -0.4 is 4.90 Å². The average molecular weight is 450 g/mol. The molecule has 6 rings (SSSR count). The van der Waals surface area contributed by atoms with Crippen LogP contribution in [0.4, 0.5) is 19.0 Å². The quantitative estimate of drug-likeness (QED) is 0.434. The van der Waals surface area contributed by atoms with Gasteiger partial charge in [0.2, 0.25) is 0 Å². The summed E-state index contributed by atoms with van der Waals surface area (Å²) >= 11 is 0. The molecule has 4 heterocycles. The van der Waals surface area contributed by atoms with Crippen molar-refractivity contribution in [2.75, 3.05) is 11.4 Å². The zero-order chi connectivity index (χ0) is 22.7. The highest BCUT2D eigenvalue weighted by molar-refractivity contribution is 5.90. The van der Waals surface area contributed by atoms with Gasteiger partial charge in [-0.25, -0.2) is 9.97 Å². The Morgan fingerprint density at radius 1 is 1.03 bits per heavy atom. The van der Waals surface area contributed by atoms with Gasteiger partial charge in [-0.2, -0.15) is 18.3 Å². The van der Waals surface area contributed by atoms with Crippen molar-refractivity contribution in [1.29, 1.82) is 0 Å². The van der Waals surface area contributed by atoms with E-state index in [2.05, 4.69) is 32.3 Å². The minimum absolute atomic E-state index is 0.411. The third-order valence-corrected chi connectivity index (χ3v) is 6.31. The number of anilines is 1. The molecule has 4 aromatic rings. The molecule has 9 heteroatoms. The Morgan fingerprint density at radius 3 is 2.67 bits per heavy atom. The summed E-state index contributed by atoms with van der Waals surface area (Å²) in [6.45, 7) is 2.91. The summed E-state index contributed by atoms with van der Waals surface area (Å²) in [7, 11) is 0. The van der Waals surface area contributed by atoms with Crippen LogP contribution in [0.1, 0.15) is 41.5 Å². The van der Waals surface area contributed by atoms with Gasteiger partial charge in [0.15, 0.2) is 0 Å². The summed E-state index contributed by atoms with van der Waals surface area (Å²) in [5.74, 6) is 1.06. The molecule has 33 heavy (non-hydrogen) atoms. The maximum Gasteiger partial charge on any atom is 0.416 e. The van der Waals surface area contributed by atoms with E-state index < -0.39 is 11.7 Å². The second-order valence-electron chi connectivity index (χ2n) is 8.77. The van der Waals surface area contributed by atoms with Crippen LogP contribution in [0, 0.1) is 6.92 Å². The van der Waals surface area contributed by atoms with Crippen LogP contribution >= 0.6 is 0 Å². The first-order chi connectivity index (χ1) is 15.8. The third kappa shape index (κ3) is 3.71. The van der Waals surface area contributed by atoms with Gasteiger partial charge in [0.1, 0.15) is 11.6 Å². The minimum atomic E-state index is -4.42. The van der Waals surface area contributed by atoms with Crippen molar-refractivity contribution in [3.63, 3.8) is 0 Å². The lowest BCUT2D eigenvalue weighted by Gasteiger charge is -2.30. The van der Waals surface area contributed by atoms with Crippen LogP contribution in [-0.2, 0) is 19.1 Å². The van der Waals surface area contributed by atoms with Crippen molar-refractivity contribution in [2.45, 2.75) is 44.9 Å². The number of alkyl halides is 3. The number of fused-ring (bicyclic) bond motifs is 2. The van der Waals surface area contributed by atoms with Crippen LogP contribution in [0.15, 0.2) is 42.9 Å². The second kappa shape index (κ2) is 7.26. The fraction of sp³-hybridized carbons (Fsp3) is 0.333. The largest absolute Gasteiger partial charge is 0.416 e. The molecular weight excluding hydrogens is 429 g/mol. The van der Waals surface area contributed by atoms with Gasteiger partial charge >= 0.3 is 6.18 Å². The first kappa shape index (κ1) is 20.1. The summed E-state index contributed by atoms with van der Waals surface area (Å²) in [5, 5.41) is 4.88. The number of benzene rings is 1. The highest BCUT2D eigenvalue weighted by Gasteiger charge is 2.31. The molecule has 0 spiro atoms. The molecule has 1 saturated carbocycles. The summed E-state index contributed by atoms with van der Waals surface area (Å²) in [4.78, 5) is 15.6. The Balaban J connectivity index is 1.37. The number of rotatable bonds is 3. The number of hydrogen-bond donors (Lipinski definition) is 0. The molecule has 1 aromatic carbocycles. The minimum Gasteiger partial charge on any atom is -0.351 e. The molecule has 1 fully saturated rings. The molecule has 2 aliphatic rings. The Kier molecular flexibility index (Phi) is 4.43. The van der Waals surface area contributed by atoms with E-state index in [0.29, 0.717) is 48.1 Å². The van der Waals surface area contributed by atoms with E-state index in [-0.39, 0.29) is 0 Å². The van der Waals surface area contributed by atoms with Gasteiger partial charge in [-0.15, -0.1) is 0 Å². The van der Waals surface area contributed by atoms with Crippen LogP contribution in [0.5, 0.6) is 0 Å². The van der Waals surface area contributed by atoms with Crippen LogP contribution in [-0.4, -0.2) is 31.3 Å². The fourth-order valence-electron chi connectivity index (χ4n) is 4.43. The van der Waals surface area contributed by atoms with Gasteiger partial charge in [-0.3, -0.25) is 9.67 Å². The second-order valence-corrected chi connectivity index (χ2v) is 8.77. The smallest absolute Gasteiger partial charge is 0.351 e. The molecule has 0 saturated heterocycles. The molecule has 1 aliphatic carbocycles. The average Bonchev–Trinajstić information content (AvgIpc) is 3.53. The van der Waals surface area contributed by atoms with Crippen molar-refractivity contribution in [3.05, 3.63) is 65.5 Å². The van der Waals surface area contributed by atoms with E-state index in [1.165, 1.54) is 18.9 Å². The topological polar surface area (TPSA) is 59.7 Å². The fourth-order valence-corrected chi connectivity index (χ4v) is 4.43. The number of halogens is 3. The lowest BCUT2D eigenvalue weighted by Crippen LogP contribution is -2.32. The third-order valence-electron chi connectivity index (χ3n) is 6.31. The number of aromatic nitrogens is 5.